The Bertz CT molecular complexity index is 1170. The van der Waals surface area contributed by atoms with Crippen molar-refractivity contribution in [2.24, 2.45) is 0 Å². The van der Waals surface area contributed by atoms with Crippen LogP contribution in [-0.2, 0) is 11.3 Å². The van der Waals surface area contributed by atoms with Crippen molar-refractivity contribution in [3.8, 4) is 0 Å². The second-order valence-electron chi connectivity index (χ2n) is 8.21. The summed E-state index contributed by atoms with van der Waals surface area (Å²) >= 11 is 6.27. The van der Waals surface area contributed by atoms with Gasteiger partial charge >= 0.3 is 0 Å². The molecular formula is C24H27ClFN7O. The Kier molecular flexibility index (Phi) is 7.44. The summed E-state index contributed by atoms with van der Waals surface area (Å²) in [6, 6.07) is 12.5. The minimum atomic E-state index is -0.291. The molecule has 1 fully saturated rings. The molecule has 1 saturated heterocycles. The van der Waals surface area contributed by atoms with Crippen molar-refractivity contribution in [2.75, 3.05) is 54.1 Å². The maximum Gasteiger partial charge on any atom is 0.229 e. The first kappa shape index (κ1) is 23.7. The van der Waals surface area contributed by atoms with E-state index in [1.165, 1.54) is 19.2 Å². The van der Waals surface area contributed by atoms with Gasteiger partial charge in [-0.2, -0.15) is 4.98 Å². The summed E-state index contributed by atoms with van der Waals surface area (Å²) in [6.45, 7) is 5.31. The Morgan fingerprint density at radius 2 is 1.91 bits per heavy atom. The van der Waals surface area contributed by atoms with Gasteiger partial charge < -0.3 is 25.8 Å². The summed E-state index contributed by atoms with van der Waals surface area (Å²) in [5, 5.41) is 9.35. The van der Waals surface area contributed by atoms with Crippen molar-refractivity contribution in [1.82, 2.24) is 14.9 Å². The number of nitrogens with zero attached hydrogens (tertiary/aromatic N) is 4. The Balaban J connectivity index is 1.42. The zero-order valence-electron chi connectivity index (χ0n) is 19.1. The van der Waals surface area contributed by atoms with Crippen LogP contribution in [0.1, 0.15) is 12.5 Å². The lowest BCUT2D eigenvalue weighted by molar-refractivity contribution is -0.114. The van der Waals surface area contributed by atoms with E-state index in [0.717, 1.165) is 31.7 Å². The Morgan fingerprint density at radius 1 is 1.12 bits per heavy atom. The quantitative estimate of drug-likeness (QED) is 0.461. The van der Waals surface area contributed by atoms with Crippen LogP contribution in [0.3, 0.4) is 0 Å². The summed E-state index contributed by atoms with van der Waals surface area (Å²) in [5.74, 6) is 0.317. The first-order valence-electron chi connectivity index (χ1n) is 11.0. The summed E-state index contributed by atoms with van der Waals surface area (Å²) < 4.78 is 14.8. The third-order valence-corrected chi connectivity index (χ3v) is 5.78. The average molecular weight is 484 g/mol. The maximum atomic E-state index is 14.8. The number of carbonyl (C=O) groups excluding carboxylic acids is 1. The molecule has 2 heterocycles. The van der Waals surface area contributed by atoms with Crippen LogP contribution in [0, 0.1) is 5.82 Å². The lowest BCUT2D eigenvalue weighted by Gasteiger charge is -2.34. The predicted molar refractivity (Wildman–Crippen MR) is 135 cm³/mol. The average Bonchev–Trinajstić information content (AvgIpc) is 2.80. The lowest BCUT2D eigenvalue weighted by Crippen LogP contribution is -2.44. The minimum Gasteiger partial charge on any atom is -0.367 e. The molecule has 1 amide bonds. The number of halogens is 2. The van der Waals surface area contributed by atoms with Crippen LogP contribution in [0.4, 0.5) is 33.2 Å². The normalized spacial score (nSPS) is 14.1. The number of anilines is 5. The number of amides is 1. The molecule has 1 aliphatic rings. The third kappa shape index (κ3) is 6.12. The zero-order valence-corrected chi connectivity index (χ0v) is 19.9. The number of nitrogens with one attached hydrogen (secondary N) is 3. The fourth-order valence-electron chi connectivity index (χ4n) is 3.72. The van der Waals surface area contributed by atoms with Crippen LogP contribution >= 0.6 is 11.6 Å². The maximum absolute atomic E-state index is 14.8. The highest BCUT2D eigenvalue weighted by Crippen LogP contribution is 2.26. The van der Waals surface area contributed by atoms with Crippen LogP contribution < -0.4 is 20.9 Å². The van der Waals surface area contributed by atoms with E-state index < -0.39 is 0 Å². The minimum absolute atomic E-state index is 0.132. The standard InChI is InChI=1S/C24H27ClFN7O/c1-16(34)29-18-5-3-4-17(12-18)14-27-23-20(25)15-28-24(31-23)30-19-6-7-22(21(26)13-19)33-10-8-32(2)9-11-33/h3-7,12-13,15H,8-11,14H2,1-2H3,(H,29,34)(H2,27,28,30,31). The summed E-state index contributed by atoms with van der Waals surface area (Å²) in [5.41, 5.74) is 2.80. The Labute approximate surface area is 203 Å². The second kappa shape index (κ2) is 10.7. The monoisotopic (exact) mass is 483 g/mol. The molecule has 0 bridgehead atoms. The highest BCUT2D eigenvalue weighted by Gasteiger charge is 2.17. The van der Waals surface area contributed by atoms with E-state index in [-0.39, 0.29) is 11.7 Å². The van der Waals surface area contributed by atoms with Crippen molar-refractivity contribution in [1.29, 1.82) is 0 Å². The molecular weight excluding hydrogens is 457 g/mol. The molecule has 3 N–H and O–H groups in total. The van der Waals surface area contributed by atoms with E-state index in [1.54, 1.807) is 6.07 Å². The highest BCUT2D eigenvalue weighted by molar-refractivity contribution is 6.32. The molecule has 10 heteroatoms. The topological polar surface area (TPSA) is 85.4 Å². The van der Waals surface area contributed by atoms with Crippen LogP contribution in [0.15, 0.2) is 48.7 Å². The number of rotatable bonds is 7. The Morgan fingerprint density at radius 3 is 2.65 bits per heavy atom. The van der Waals surface area contributed by atoms with Crippen LogP contribution in [0.25, 0.3) is 0 Å². The fraction of sp³-hybridized carbons (Fsp3) is 0.292. The summed E-state index contributed by atoms with van der Waals surface area (Å²) in [4.78, 5) is 24.2. The molecule has 0 radical (unpaired) electrons. The fourth-order valence-corrected chi connectivity index (χ4v) is 3.87. The van der Waals surface area contributed by atoms with Crippen molar-refractivity contribution in [3.63, 3.8) is 0 Å². The number of piperazine rings is 1. The van der Waals surface area contributed by atoms with Gasteiger partial charge in [0, 0.05) is 51.0 Å². The molecule has 1 aliphatic heterocycles. The van der Waals surface area contributed by atoms with Gasteiger partial charge in [0.1, 0.15) is 10.8 Å². The number of hydrogen-bond donors (Lipinski definition) is 3. The van der Waals surface area contributed by atoms with Crippen molar-refractivity contribution >= 4 is 46.3 Å². The van der Waals surface area contributed by atoms with Gasteiger partial charge in [0.2, 0.25) is 11.9 Å². The van der Waals surface area contributed by atoms with Crippen molar-refractivity contribution < 1.29 is 9.18 Å². The van der Waals surface area contributed by atoms with Crippen LogP contribution in [0.2, 0.25) is 5.02 Å². The first-order valence-corrected chi connectivity index (χ1v) is 11.4. The summed E-state index contributed by atoms with van der Waals surface area (Å²) in [7, 11) is 2.07. The van der Waals surface area contributed by atoms with Gasteiger partial charge in [-0.1, -0.05) is 23.7 Å². The van der Waals surface area contributed by atoms with Gasteiger partial charge in [0.15, 0.2) is 5.82 Å². The van der Waals surface area contributed by atoms with Gasteiger partial charge in [-0.25, -0.2) is 9.37 Å². The molecule has 34 heavy (non-hydrogen) atoms. The number of aromatic nitrogens is 2. The molecule has 0 aliphatic carbocycles. The van der Waals surface area contributed by atoms with Crippen molar-refractivity contribution in [3.05, 3.63) is 65.1 Å². The van der Waals surface area contributed by atoms with Gasteiger partial charge in [-0.3, -0.25) is 4.79 Å². The van der Waals surface area contributed by atoms with E-state index in [0.29, 0.717) is 40.4 Å². The van der Waals surface area contributed by atoms with E-state index in [9.17, 15) is 9.18 Å². The number of carbonyl (C=O) groups is 1. The van der Waals surface area contributed by atoms with Gasteiger partial charge in [-0.05, 0) is 42.9 Å². The molecule has 0 saturated carbocycles. The van der Waals surface area contributed by atoms with Gasteiger partial charge in [0.05, 0.1) is 11.9 Å². The molecule has 2 aromatic carbocycles. The first-order chi connectivity index (χ1) is 16.4. The van der Waals surface area contributed by atoms with Crippen LogP contribution in [-0.4, -0.2) is 54.0 Å². The molecule has 8 nitrogen and oxygen atoms in total. The molecule has 4 rings (SSSR count). The zero-order chi connectivity index (χ0) is 24.1. The highest BCUT2D eigenvalue weighted by atomic mass is 35.5. The van der Waals surface area contributed by atoms with E-state index in [2.05, 4.69) is 42.8 Å². The number of hydrogen-bond acceptors (Lipinski definition) is 7. The summed E-state index contributed by atoms with van der Waals surface area (Å²) in [6.07, 6.45) is 1.49. The SMILES string of the molecule is CC(=O)Nc1cccc(CNc2nc(Nc3ccc(N4CCN(C)CC4)c(F)c3)ncc2Cl)c1. The lowest BCUT2D eigenvalue weighted by atomic mass is 10.2. The molecule has 1 aromatic heterocycles. The number of benzene rings is 2. The van der Waals surface area contributed by atoms with E-state index in [4.69, 9.17) is 11.6 Å². The third-order valence-electron chi connectivity index (χ3n) is 5.50. The van der Waals surface area contributed by atoms with E-state index in [1.807, 2.05) is 30.3 Å². The van der Waals surface area contributed by atoms with Crippen molar-refractivity contribution in [2.45, 2.75) is 13.5 Å². The smallest absolute Gasteiger partial charge is 0.229 e. The molecule has 0 atom stereocenters. The molecule has 178 valence electrons. The van der Waals surface area contributed by atoms with Crippen LogP contribution in [0.5, 0.6) is 0 Å². The molecule has 0 unspecified atom stereocenters. The Hall–Kier alpha value is -3.43. The second-order valence-corrected chi connectivity index (χ2v) is 8.61. The predicted octanol–water partition coefficient (Wildman–Crippen LogP) is 4.34. The molecule has 0 spiro atoms. The number of likely N-dealkylation sites (N-methyl/N-ethyl adjacent to an activating group) is 1. The largest absolute Gasteiger partial charge is 0.367 e. The van der Waals surface area contributed by atoms with Gasteiger partial charge in [-0.15, -0.1) is 0 Å². The van der Waals surface area contributed by atoms with E-state index >= 15 is 0 Å². The van der Waals surface area contributed by atoms with Gasteiger partial charge in [0.25, 0.3) is 0 Å². The molecule has 3 aromatic rings.